The van der Waals surface area contributed by atoms with Gasteiger partial charge in [0.05, 0.1) is 5.02 Å². The van der Waals surface area contributed by atoms with Crippen LogP contribution in [0.5, 0.6) is 0 Å². The Morgan fingerprint density at radius 3 is 2.95 bits per heavy atom. The van der Waals surface area contributed by atoms with Gasteiger partial charge >= 0.3 is 0 Å². The molecule has 1 aromatic heterocycles. The van der Waals surface area contributed by atoms with Crippen molar-refractivity contribution in [1.82, 2.24) is 9.88 Å². The summed E-state index contributed by atoms with van der Waals surface area (Å²) in [6.07, 6.45) is 2.95. The summed E-state index contributed by atoms with van der Waals surface area (Å²) in [5, 5.41) is 0.742. The molecule has 2 N–H and O–H groups in total. The molecule has 0 saturated carbocycles. The Labute approximate surface area is 120 Å². The molecule has 0 bridgehead atoms. The molecule has 1 aromatic rings. The lowest BCUT2D eigenvalue weighted by Crippen LogP contribution is -2.35. The normalized spacial score (nSPS) is 19.2. The Bertz CT molecular complexity index is 399. The van der Waals surface area contributed by atoms with Crippen molar-refractivity contribution in [1.29, 1.82) is 0 Å². The first kappa shape index (κ1) is 14.6. The van der Waals surface area contributed by atoms with Gasteiger partial charge in [-0.25, -0.2) is 4.98 Å². The van der Waals surface area contributed by atoms with Gasteiger partial charge in [-0.15, -0.1) is 0 Å². The van der Waals surface area contributed by atoms with E-state index in [0.717, 1.165) is 56.5 Å². The van der Waals surface area contributed by atoms with E-state index in [1.807, 2.05) is 12.1 Å². The van der Waals surface area contributed by atoms with Crippen LogP contribution >= 0.6 is 11.6 Å². The Kier molecular flexibility index (Phi) is 5.43. The van der Waals surface area contributed by atoms with E-state index >= 15 is 0 Å². The van der Waals surface area contributed by atoms with Crippen molar-refractivity contribution in [3.63, 3.8) is 0 Å². The van der Waals surface area contributed by atoms with Gasteiger partial charge in [0.15, 0.2) is 0 Å². The number of hydrogen-bond donors (Lipinski definition) is 1. The van der Waals surface area contributed by atoms with Crippen LogP contribution in [0.4, 0.5) is 5.82 Å². The molecule has 0 spiro atoms. The molecule has 106 valence electrons. The van der Waals surface area contributed by atoms with Gasteiger partial charge in [0.25, 0.3) is 0 Å². The number of hydrogen-bond acceptors (Lipinski definition) is 4. The highest BCUT2D eigenvalue weighted by molar-refractivity contribution is 6.32. The molecule has 1 fully saturated rings. The van der Waals surface area contributed by atoms with E-state index in [1.54, 1.807) is 6.20 Å². The average Bonchev–Trinajstić information content (AvgIpc) is 2.65. The molecule has 5 heteroatoms. The molecule has 1 aliphatic rings. The Morgan fingerprint density at radius 1 is 1.37 bits per heavy atom. The van der Waals surface area contributed by atoms with Gasteiger partial charge in [0, 0.05) is 32.4 Å². The standard InChI is InChI=1S/C14H23ClN4/c1-12(10-16)11-18-6-3-7-19(9-8-18)14-13(15)4-2-5-17-14/h2,4-5,12H,3,6-11,16H2,1H3. The van der Waals surface area contributed by atoms with Crippen LogP contribution in [-0.2, 0) is 0 Å². The largest absolute Gasteiger partial charge is 0.354 e. The zero-order valence-corrected chi connectivity index (χ0v) is 12.3. The van der Waals surface area contributed by atoms with Crippen molar-refractivity contribution < 1.29 is 0 Å². The van der Waals surface area contributed by atoms with Crippen LogP contribution < -0.4 is 10.6 Å². The van der Waals surface area contributed by atoms with E-state index in [2.05, 4.69) is 21.7 Å². The second-order valence-corrected chi connectivity index (χ2v) is 5.70. The number of aromatic nitrogens is 1. The molecule has 0 amide bonds. The third kappa shape index (κ3) is 4.06. The highest BCUT2D eigenvalue weighted by atomic mass is 35.5. The molecule has 1 saturated heterocycles. The van der Waals surface area contributed by atoms with Gasteiger partial charge in [0.1, 0.15) is 5.82 Å². The summed E-state index contributed by atoms with van der Waals surface area (Å²) < 4.78 is 0. The third-order valence-electron chi connectivity index (χ3n) is 3.60. The fourth-order valence-electron chi connectivity index (χ4n) is 2.49. The van der Waals surface area contributed by atoms with Gasteiger partial charge in [-0.1, -0.05) is 18.5 Å². The summed E-state index contributed by atoms with van der Waals surface area (Å²) in [5.41, 5.74) is 5.70. The van der Waals surface area contributed by atoms with Gasteiger partial charge < -0.3 is 15.5 Å². The zero-order valence-electron chi connectivity index (χ0n) is 11.6. The predicted molar refractivity (Wildman–Crippen MR) is 80.7 cm³/mol. The second kappa shape index (κ2) is 7.08. The van der Waals surface area contributed by atoms with Crippen LogP contribution in [0.2, 0.25) is 5.02 Å². The van der Waals surface area contributed by atoms with E-state index in [9.17, 15) is 0 Å². The monoisotopic (exact) mass is 282 g/mol. The smallest absolute Gasteiger partial charge is 0.147 e. The molecule has 1 aliphatic heterocycles. The van der Waals surface area contributed by atoms with Crippen LogP contribution in [0.1, 0.15) is 13.3 Å². The number of halogens is 1. The first-order valence-electron chi connectivity index (χ1n) is 6.98. The fraction of sp³-hybridized carbons (Fsp3) is 0.643. The maximum absolute atomic E-state index is 6.22. The molecule has 2 heterocycles. The lowest BCUT2D eigenvalue weighted by Gasteiger charge is -2.24. The Morgan fingerprint density at radius 2 is 2.21 bits per heavy atom. The van der Waals surface area contributed by atoms with Crippen LogP contribution in [0.3, 0.4) is 0 Å². The summed E-state index contributed by atoms with van der Waals surface area (Å²) >= 11 is 6.22. The minimum absolute atomic E-state index is 0.560. The molecular formula is C14H23ClN4. The van der Waals surface area contributed by atoms with Crippen molar-refractivity contribution in [2.45, 2.75) is 13.3 Å². The highest BCUT2D eigenvalue weighted by Crippen LogP contribution is 2.23. The number of anilines is 1. The van der Waals surface area contributed by atoms with Gasteiger partial charge in [-0.05, 0) is 37.6 Å². The number of nitrogens with two attached hydrogens (primary N) is 1. The molecule has 0 aliphatic carbocycles. The van der Waals surface area contributed by atoms with Crippen molar-refractivity contribution in [2.24, 2.45) is 11.7 Å². The molecular weight excluding hydrogens is 260 g/mol. The van der Waals surface area contributed by atoms with E-state index < -0.39 is 0 Å². The van der Waals surface area contributed by atoms with Crippen LogP contribution in [0.15, 0.2) is 18.3 Å². The molecule has 1 unspecified atom stereocenters. The topological polar surface area (TPSA) is 45.4 Å². The Balaban J connectivity index is 1.95. The SMILES string of the molecule is CC(CN)CN1CCCN(c2ncccc2Cl)CC1. The summed E-state index contributed by atoms with van der Waals surface area (Å²) in [6.45, 7) is 8.23. The first-order valence-corrected chi connectivity index (χ1v) is 7.36. The molecule has 4 nitrogen and oxygen atoms in total. The van der Waals surface area contributed by atoms with Crippen LogP contribution in [-0.4, -0.2) is 49.2 Å². The lowest BCUT2D eigenvalue weighted by molar-refractivity contribution is 0.255. The summed E-state index contributed by atoms with van der Waals surface area (Å²) in [4.78, 5) is 9.18. The zero-order chi connectivity index (χ0) is 13.7. The van der Waals surface area contributed by atoms with Crippen molar-refractivity contribution in [2.75, 3.05) is 44.2 Å². The van der Waals surface area contributed by atoms with Gasteiger partial charge in [-0.2, -0.15) is 0 Å². The Hall–Kier alpha value is -0.840. The quantitative estimate of drug-likeness (QED) is 0.915. The third-order valence-corrected chi connectivity index (χ3v) is 3.89. The maximum atomic E-state index is 6.22. The van der Waals surface area contributed by atoms with Crippen molar-refractivity contribution in [3.05, 3.63) is 23.4 Å². The maximum Gasteiger partial charge on any atom is 0.147 e. The summed E-state index contributed by atoms with van der Waals surface area (Å²) in [5.74, 6) is 1.47. The average molecular weight is 283 g/mol. The molecule has 2 rings (SSSR count). The minimum atomic E-state index is 0.560. The minimum Gasteiger partial charge on any atom is -0.354 e. The van der Waals surface area contributed by atoms with Gasteiger partial charge in [-0.3, -0.25) is 0 Å². The molecule has 0 aromatic carbocycles. The summed E-state index contributed by atoms with van der Waals surface area (Å²) in [7, 11) is 0. The fourth-order valence-corrected chi connectivity index (χ4v) is 2.73. The molecule has 19 heavy (non-hydrogen) atoms. The number of nitrogens with zero attached hydrogens (tertiary/aromatic N) is 3. The van der Waals surface area contributed by atoms with Crippen molar-refractivity contribution in [3.8, 4) is 0 Å². The molecule has 1 atom stereocenters. The summed E-state index contributed by atoms with van der Waals surface area (Å²) in [6, 6.07) is 3.78. The number of pyridine rings is 1. The van der Waals surface area contributed by atoms with Crippen LogP contribution in [0.25, 0.3) is 0 Å². The van der Waals surface area contributed by atoms with E-state index in [0.29, 0.717) is 5.92 Å². The lowest BCUT2D eigenvalue weighted by atomic mass is 10.1. The second-order valence-electron chi connectivity index (χ2n) is 5.29. The van der Waals surface area contributed by atoms with E-state index in [1.165, 1.54) is 0 Å². The first-order chi connectivity index (χ1) is 9.20. The highest BCUT2D eigenvalue weighted by Gasteiger charge is 2.18. The van der Waals surface area contributed by atoms with Crippen molar-refractivity contribution >= 4 is 17.4 Å². The van der Waals surface area contributed by atoms with E-state index in [4.69, 9.17) is 17.3 Å². The predicted octanol–water partition coefficient (Wildman–Crippen LogP) is 1.84. The van der Waals surface area contributed by atoms with Gasteiger partial charge in [0.2, 0.25) is 0 Å². The number of rotatable bonds is 4. The van der Waals surface area contributed by atoms with Crippen LogP contribution in [0, 0.1) is 5.92 Å². The molecule has 0 radical (unpaired) electrons. The van der Waals surface area contributed by atoms with E-state index in [-0.39, 0.29) is 0 Å².